The average molecular weight is 591 g/mol. The molecule has 6 rings (SSSR count). The maximum atomic E-state index is 13.8. The normalized spacial score (nSPS) is 16.8. The number of non-ortho nitro benzene ring substituents is 1. The molecule has 0 amide bonds. The predicted octanol–water partition coefficient (Wildman–Crippen LogP) is 4.83. The van der Waals surface area contributed by atoms with Crippen LogP contribution in [0.3, 0.4) is 0 Å². The molecule has 4 aromatic rings. The Kier molecular flexibility index (Phi) is 5.49. The van der Waals surface area contributed by atoms with E-state index in [-0.39, 0.29) is 11.2 Å². The third kappa shape index (κ3) is 3.77. The summed E-state index contributed by atoms with van der Waals surface area (Å²) in [5.74, 6) is 0. The maximum Gasteiger partial charge on any atom is 0.271 e. The zero-order valence-corrected chi connectivity index (χ0v) is 21.3. The minimum absolute atomic E-state index is 0.0128. The van der Waals surface area contributed by atoms with Crippen LogP contribution in [0, 0.1) is 13.7 Å². The number of hydrogen-bond acceptors (Lipinski definition) is 5. The zero-order valence-electron chi connectivity index (χ0n) is 18.3. The van der Waals surface area contributed by atoms with Crippen molar-refractivity contribution in [3.05, 3.63) is 134 Å². The molecular formula is C27H18IN3O3S. The Hall–Kier alpha value is -3.37. The molecule has 1 unspecified atom stereocenters. The van der Waals surface area contributed by atoms with Crippen LogP contribution in [-0.4, -0.2) is 9.49 Å². The van der Waals surface area contributed by atoms with Crippen LogP contribution < -0.4 is 14.9 Å². The van der Waals surface area contributed by atoms with Crippen molar-refractivity contribution in [1.29, 1.82) is 0 Å². The molecule has 1 aliphatic heterocycles. The van der Waals surface area contributed by atoms with Crippen molar-refractivity contribution in [3.63, 3.8) is 0 Å². The molecule has 6 nitrogen and oxygen atoms in total. The molecule has 0 radical (unpaired) electrons. The predicted molar refractivity (Wildman–Crippen MR) is 145 cm³/mol. The van der Waals surface area contributed by atoms with Crippen molar-refractivity contribution in [1.82, 2.24) is 4.57 Å². The summed E-state index contributed by atoms with van der Waals surface area (Å²) in [6, 6.07) is 22.3. The third-order valence-electron chi connectivity index (χ3n) is 6.46. The van der Waals surface area contributed by atoms with E-state index in [2.05, 4.69) is 34.7 Å². The molecule has 0 fully saturated rings. The monoisotopic (exact) mass is 591 g/mol. The molecule has 3 aromatic carbocycles. The molecule has 2 heterocycles. The van der Waals surface area contributed by atoms with Crippen LogP contribution in [0.15, 0.2) is 88.2 Å². The molecule has 1 aliphatic carbocycles. The van der Waals surface area contributed by atoms with Crippen LogP contribution in [0.1, 0.15) is 34.7 Å². The molecular weight excluding hydrogens is 573 g/mol. The molecule has 0 spiro atoms. The van der Waals surface area contributed by atoms with E-state index in [9.17, 15) is 14.9 Å². The van der Waals surface area contributed by atoms with Crippen LogP contribution in [0.4, 0.5) is 5.69 Å². The fourth-order valence-electron chi connectivity index (χ4n) is 4.86. The lowest BCUT2D eigenvalue weighted by Gasteiger charge is -2.30. The number of nitro benzene ring substituents is 1. The Bertz CT molecular complexity index is 1730. The van der Waals surface area contributed by atoms with Gasteiger partial charge in [0.1, 0.15) is 0 Å². The Labute approximate surface area is 217 Å². The summed E-state index contributed by atoms with van der Waals surface area (Å²) in [6.45, 7) is 0. The average Bonchev–Trinajstić information content (AvgIpc) is 3.18. The first kappa shape index (κ1) is 22.1. The molecule has 0 bridgehead atoms. The minimum atomic E-state index is -0.438. The van der Waals surface area contributed by atoms with Gasteiger partial charge in [0, 0.05) is 21.3 Å². The molecule has 1 aromatic heterocycles. The Morgan fingerprint density at radius 3 is 2.69 bits per heavy atom. The molecule has 0 saturated heterocycles. The van der Waals surface area contributed by atoms with E-state index in [0.717, 1.165) is 44.4 Å². The van der Waals surface area contributed by atoms with Crippen LogP contribution in [0.25, 0.3) is 11.8 Å². The largest absolute Gasteiger partial charge is 0.272 e. The number of allylic oxidation sites excluding steroid dienone is 1. The highest BCUT2D eigenvalue weighted by molar-refractivity contribution is 14.1. The van der Waals surface area contributed by atoms with Gasteiger partial charge in [0.05, 0.1) is 21.2 Å². The number of halogens is 1. The summed E-state index contributed by atoms with van der Waals surface area (Å²) in [7, 11) is 0. The molecule has 0 saturated carbocycles. The minimum Gasteiger partial charge on any atom is -0.272 e. The smallest absolute Gasteiger partial charge is 0.271 e. The number of rotatable bonds is 3. The van der Waals surface area contributed by atoms with Gasteiger partial charge in [-0.2, -0.15) is 0 Å². The second-order valence-corrected chi connectivity index (χ2v) is 10.7. The van der Waals surface area contributed by atoms with E-state index in [1.165, 1.54) is 23.0 Å². The van der Waals surface area contributed by atoms with Crippen molar-refractivity contribution in [2.24, 2.45) is 4.99 Å². The number of aromatic nitrogens is 1. The van der Waals surface area contributed by atoms with E-state index < -0.39 is 11.0 Å². The molecule has 35 heavy (non-hydrogen) atoms. The lowest BCUT2D eigenvalue weighted by Crippen LogP contribution is -2.38. The highest BCUT2D eigenvalue weighted by atomic mass is 127. The quantitative estimate of drug-likeness (QED) is 0.195. The first-order chi connectivity index (χ1) is 17.0. The van der Waals surface area contributed by atoms with Crippen LogP contribution >= 0.6 is 33.9 Å². The van der Waals surface area contributed by atoms with Crippen molar-refractivity contribution < 1.29 is 4.92 Å². The highest BCUT2D eigenvalue weighted by Gasteiger charge is 2.33. The Balaban J connectivity index is 1.65. The Morgan fingerprint density at radius 2 is 1.86 bits per heavy atom. The van der Waals surface area contributed by atoms with E-state index in [4.69, 9.17) is 4.99 Å². The van der Waals surface area contributed by atoms with Crippen molar-refractivity contribution in [2.75, 3.05) is 0 Å². The van der Waals surface area contributed by atoms with Crippen molar-refractivity contribution in [3.8, 4) is 0 Å². The van der Waals surface area contributed by atoms with Gasteiger partial charge in [0.25, 0.3) is 11.2 Å². The number of nitrogens with zero attached hydrogens (tertiary/aromatic N) is 3. The second-order valence-electron chi connectivity index (χ2n) is 8.49. The van der Waals surface area contributed by atoms with Gasteiger partial charge < -0.3 is 0 Å². The van der Waals surface area contributed by atoms with Gasteiger partial charge in [-0.05, 0) is 69.8 Å². The first-order valence-electron chi connectivity index (χ1n) is 11.1. The van der Waals surface area contributed by atoms with Crippen molar-refractivity contribution in [2.45, 2.75) is 18.9 Å². The van der Waals surface area contributed by atoms with E-state index in [0.29, 0.717) is 9.33 Å². The summed E-state index contributed by atoms with van der Waals surface area (Å²) >= 11 is 3.63. The zero-order chi connectivity index (χ0) is 24.1. The van der Waals surface area contributed by atoms with Crippen LogP contribution in [0.2, 0.25) is 0 Å². The summed E-state index contributed by atoms with van der Waals surface area (Å²) in [5.41, 5.74) is 5.78. The Morgan fingerprint density at radius 1 is 1.06 bits per heavy atom. The molecule has 1 atom stereocenters. The lowest BCUT2D eigenvalue weighted by atomic mass is 9.83. The fraction of sp³-hybridized carbons (Fsp3) is 0.111. The summed E-state index contributed by atoms with van der Waals surface area (Å²) in [5, 5.41) is 11.5. The van der Waals surface area contributed by atoms with Gasteiger partial charge in [-0.25, -0.2) is 4.99 Å². The van der Waals surface area contributed by atoms with Gasteiger partial charge in [-0.3, -0.25) is 19.5 Å². The van der Waals surface area contributed by atoms with Crippen molar-refractivity contribution >= 4 is 51.4 Å². The number of thiazole rings is 1. The van der Waals surface area contributed by atoms with E-state index in [1.807, 2.05) is 48.5 Å². The van der Waals surface area contributed by atoms with Gasteiger partial charge in [0.2, 0.25) is 0 Å². The topological polar surface area (TPSA) is 77.5 Å². The number of nitro groups is 1. The van der Waals surface area contributed by atoms with Gasteiger partial charge in [-0.15, -0.1) is 0 Å². The lowest BCUT2D eigenvalue weighted by molar-refractivity contribution is -0.384. The number of hydrogen-bond donors (Lipinski definition) is 0. The van der Waals surface area contributed by atoms with Crippen LogP contribution in [-0.2, 0) is 6.42 Å². The van der Waals surface area contributed by atoms with E-state index in [1.54, 1.807) is 16.7 Å². The molecule has 8 heteroatoms. The van der Waals surface area contributed by atoms with Gasteiger partial charge in [0.15, 0.2) is 4.80 Å². The SMILES string of the molecule is O=c1c(=Cc2ccccc2I)sc2n1C(c1cccc([N+](=O)[O-])c1)C1=C(N=2)c2ccccc2CC1. The highest BCUT2D eigenvalue weighted by Crippen LogP contribution is 2.41. The molecule has 172 valence electrons. The third-order valence-corrected chi connectivity index (χ3v) is 8.43. The molecule has 0 N–H and O–H groups in total. The number of benzene rings is 3. The van der Waals surface area contributed by atoms with Crippen LogP contribution in [0.5, 0.6) is 0 Å². The maximum absolute atomic E-state index is 13.8. The first-order valence-corrected chi connectivity index (χ1v) is 13.0. The summed E-state index contributed by atoms with van der Waals surface area (Å²) in [6.07, 6.45) is 3.49. The second kappa shape index (κ2) is 8.69. The summed E-state index contributed by atoms with van der Waals surface area (Å²) < 4.78 is 3.37. The number of fused-ring (bicyclic) bond motifs is 3. The van der Waals surface area contributed by atoms with Gasteiger partial charge >= 0.3 is 0 Å². The van der Waals surface area contributed by atoms with E-state index >= 15 is 0 Å². The number of aryl methyl sites for hydroxylation is 1. The fourth-order valence-corrected chi connectivity index (χ4v) is 6.40. The summed E-state index contributed by atoms with van der Waals surface area (Å²) in [4.78, 5) is 30.5. The van der Waals surface area contributed by atoms with Gasteiger partial charge in [-0.1, -0.05) is 65.9 Å². The standard InChI is InChI=1S/C27H18IN3O3S/c28-22-11-4-2-7-17(22)15-23-26(32)30-25(18-8-5-9-19(14-18)31(33)34)21-13-12-16-6-1-3-10-20(16)24(21)29-27(30)35-23/h1-11,14-15,25H,12-13H2. The molecule has 2 aliphatic rings.